The van der Waals surface area contributed by atoms with Crippen LogP contribution in [0, 0.1) is 0 Å². The van der Waals surface area contributed by atoms with Crippen molar-refractivity contribution in [2.45, 2.75) is 42.9 Å². The summed E-state index contributed by atoms with van der Waals surface area (Å²) in [6.45, 7) is -0.690. The van der Waals surface area contributed by atoms with E-state index in [9.17, 15) is 40.5 Å². The molecule has 11 heteroatoms. The number of benzene rings is 2. The number of ether oxygens (including phenoxy) is 3. The number of ketones is 1. The molecule has 0 spiro atoms. The molecule has 11 nitrogen and oxygen atoms in total. The fraction of sp³-hybridized carbons (Fsp3) is 0.381. The van der Waals surface area contributed by atoms with Crippen molar-refractivity contribution in [2.75, 3.05) is 6.61 Å². The van der Waals surface area contributed by atoms with Gasteiger partial charge in [0.25, 0.3) is 0 Å². The second-order valence-corrected chi connectivity index (χ2v) is 7.59. The molecule has 2 aromatic carbocycles. The van der Waals surface area contributed by atoms with Gasteiger partial charge < -0.3 is 50.0 Å². The Morgan fingerprint density at radius 1 is 0.906 bits per heavy atom. The van der Waals surface area contributed by atoms with Gasteiger partial charge in [0.1, 0.15) is 53.0 Å². The summed E-state index contributed by atoms with van der Waals surface area (Å²) in [5.74, 6) is -1.82. The van der Waals surface area contributed by atoms with Gasteiger partial charge in [0.2, 0.25) is 5.78 Å². The Kier molecular flexibility index (Phi) is 5.95. The molecule has 4 rings (SSSR count). The third-order valence-corrected chi connectivity index (χ3v) is 5.45. The molecule has 7 atom stereocenters. The third kappa shape index (κ3) is 3.86. The highest BCUT2D eigenvalue weighted by molar-refractivity contribution is 6.05. The Hall–Kier alpha value is -2.93. The number of Topliss-reactive ketones (excluding diaryl/α,β-unsaturated/α-hetero) is 1. The van der Waals surface area contributed by atoms with Gasteiger partial charge in [0, 0.05) is 12.1 Å². The molecule has 0 saturated carbocycles. The van der Waals surface area contributed by atoms with Crippen LogP contribution in [-0.2, 0) is 9.47 Å². The molecule has 7 N–H and O–H groups in total. The normalized spacial score (nSPS) is 32.2. The zero-order valence-corrected chi connectivity index (χ0v) is 16.5. The van der Waals surface area contributed by atoms with Crippen LogP contribution in [0.5, 0.6) is 23.0 Å². The molecule has 0 unspecified atom stereocenters. The molecule has 0 aromatic heterocycles. The summed E-state index contributed by atoms with van der Waals surface area (Å²) in [6, 6.07) is 7.72. The molecule has 2 aliphatic rings. The highest BCUT2D eigenvalue weighted by Gasteiger charge is 2.49. The van der Waals surface area contributed by atoms with Crippen LogP contribution in [-0.4, -0.2) is 84.9 Å². The van der Waals surface area contributed by atoms with Gasteiger partial charge in [-0.1, -0.05) is 12.1 Å². The van der Waals surface area contributed by atoms with E-state index in [1.165, 1.54) is 24.3 Å². The predicted octanol–water partition coefficient (Wildman–Crippen LogP) is -0.695. The maximum absolute atomic E-state index is 13.3. The lowest BCUT2D eigenvalue weighted by Crippen LogP contribution is -2.60. The number of aliphatic hydroxyl groups is 4. The number of carbonyl (C=O) groups is 1. The minimum atomic E-state index is -1.77. The first-order valence-electron chi connectivity index (χ1n) is 9.73. The number of fused-ring (bicyclic) bond motifs is 1. The topological polar surface area (TPSA) is 186 Å². The largest absolute Gasteiger partial charge is 0.508 e. The molecule has 172 valence electrons. The molecule has 32 heavy (non-hydrogen) atoms. The summed E-state index contributed by atoms with van der Waals surface area (Å²) in [5, 5.41) is 69.2. The van der Waals surface area contributed by atoms with Crippen molar-refractivity contribution >= 4 is 5.78 Å². The SMILES string of the molecule is O=C1c2c(O)cc(O)cc2O[C@H](c2ccc(O)cc2)[C@H]1O[C@@H]1O[C@H](CO)[C@H](O)[C@H](O)[C@H]1O. The Bertz CT molecular complexity index is 990. The smallest absolute Gasteiger partial charge is 0.203 e. The lowest BCUT2D eigenvalue weighted by molar-refractivity contribution is -0.311. The number of aliphatic hydroxyl groups excluding tert-OH is 4. The first kappa shape index (κ1) is 22.3. The van der Waals surface area contributed by atoms with Crippen LogP contribution in [0.25, 0.3) is 0 Å². The van der Waals surface area contributed by atoms with E-state index in [0.717, 1.165) is 12.1 Å². The lowest BCUT2D eigenvalue weighted by Gasteiger charge is -2.42. The van der Waals surface area contributed by atoms with Crippen LogP contribution >= 0.6 is 0 Å². The van der Waals surface area contributed by atoms with Gasteiger partial charge in [-0.25, -0.2) is 0 Å². The quantitative estimate of drug-likeness (QED) is 0.312. The van der Waals surface area contributed by atoms with E-state index in [2.05, 4.69) is 0 Å². The van der Waals surface area contributed by atoms with Crippen molar-refractivity contribution in [1.82, 2.24) is 0 Å². The zero-order valence-electron chi connectivity index (χ0n) is 16.5. The Morgan fingerprint density at radius 2 is 1.59 bits per heavy atom. The van der Waals surface area contributed by atoms with Gasteiger partial charge in [0.05, 0.1) is 6.61 Å². The molecular weight excluding hydrogens is 428 g/mol. The highest BCUT2D eigenvalue weighted by Crippen LogP contribution is 2.43. The lowest BCUT2D eigenvalue weighted by atomic mass is 9.92. The van der Waals surface area contributed by atoms with E-state index in [1.54, 1.807) is 0 Å². The van der Waals surface area contributed by atoms with Gasteiger partial charge in [-0.05, 0) is 17.7 Å². The van der Waals surface area contributed by atoms with Gasteiger partial charge in [0.15, 0.2) is 18.5 Å². The number of hydrogen-bond acceptors (Lipinski definition) is 11. The molecular formula is C21H22O11. The summed E-state index contributed by atoms with van der Waals surface area (Å²) in [6.07, 6.45) is -10.7. The molecule has 0 bridgehead atoms. The van der Waals surface area contributed by atoms with Crippen LogP contribution in [0.2, 0.25) is 0 Å². The fourth-order valence-electron chi connectivity index (χ4n) is 3.77. The van der Waals surface area contributed by atoms with Crippen LogP contribution in [0.3, 0.4) is 0 Å². The molecule has 0 aliphatic carbocycles. The first-order chi connectivity index (χ1) is 15.2. The predicted molar refractivity (Wildman–Crippen MR) is 104 cm³/mol. The maximum Gasteiger partial charge on any atom is 0.203 e. The standard InChI is InChI=1S/C21H22O11/c22-7-13-15(26)17(28)18(29)21(31-13)32-20-16(27)14-11(25)5-10(24)6-12(14)30-19(20)8-1-3-9(23)4-2-8/h1-6,13,15,17-26,28-29H,7H2/t13-,15+,17+,18-,19-,20+,21+/m1/s1. The summed E-state index contributed by atoms with van der Waals surface area (Å²) in [7, 11) is 0. The Labute approximate surface area is 181 Å². The second kappa shape index (κ2) is 8.54. The average molecular weight is 450 g/mol. The summed E-state index contributed by atoms with van der Waals surface area (Å²) in [4.78, 5) is 13.3. The molecule has 0 amide bonds. The molecule has 2 heterocycles. The molecule has 0 radical (unpaired) electrons. The van der Waals surface area contributed by atoms with Crippen LogP contribution < -0.4 is 4.74 Å². The highest BCUT2D eigenvalue weighted by atomic mass is 16.7. The van der Waals surface area contributed by atoms with Crippen molar-refractivity contribution in [3.8, 4) is 23.0 Å². The zero-order chi connectivity index (χ0) is 23.2. The maximum atomic E-state index is 13.3. The van der Waals surface area contributed by atoms with Gasteiger partial charge in [-0.3, -0.25) is 4.79 Å². The summed E-state index contributed by atoms with van der Waals surface area (Å²) < 4.78 is 16.9. The monoisotopic (exact) mass is 450 g/mol. The molecule has 2 aliphatic heterocycles. The minimum absolute atomic E-state index is 0.0435. The van der Waals surface area contributed by atoms with Crippen molar-refractivity contribution in [3.05, 3.63) is 47.5 Å². The molecule has 1 saturated heterocycles. The second-order valence-electron chi connectivity index (χ2n) is 7.59. The van der Waals surface area contributed by atoms with Gasteiger partial charge in [-0.15, -0.1) is 0 Å². The minimum Gasteiger partial charge on any atom is -0.508 e. The number of phenolic OH excluding ortho intramolecular Hbond substituents is 3. The van der Waals surface area contributed by atoms with Crippen LogP contribution in [0.1, 0.15) is 22.0 Å². The average Bonchev–Trinajstić information content (AvgIpc) is 2.75. The number of rotatable bonds is 4. The third-order valence-electron chi connectivity index (χ3n) is 5.45. The van der Waals surface area contributed by atoms with Crippen molar-refractivity contribution in [3.63, 3.8) is 0 Å². The van der Waals surface area contributed by atoms with Gasteiger partial charge in [-0.2, -0.15) is 0 Å². The van der Waals surface area contributed by atoms with Crippen molar-refractivity contribution in [2.24, 2.45) is 0 Å². The molecule has 1 fully saturated rings. The van der Waals surface area contributed by atoms with E-state index in [1.807, 2.05) is 0 Å². The molecule has 2 aromatic rings. The first-order valence-corrected chi connectivity index (χ1v) is 9.73. The van der Waals surface area contributed by atoms with Crippen LogP contribution in [0.4, 0.5) is 0 Å². The van der Waals surface area contributed by atoms with E-state index in [4.69, 9.17) is 14.2 Å². The van der Waals surface area contributed by atoms with Crippen molar-refractivity contribution < 1.29 is 54.8 Å². The number of phenols is 3. The number of aromatic hydroxyl groups is 3. The Morgan fingerprint density at radius 3 is 2.25 bits per heavy atom. The summed E-state index contributed by atoms with van der Waals surface area (Å²) >= 11 is 0. The van der Waals surface area contributed by atoms with E-state index in [0.29, 0.717) is 5.56 Å². The van der Waals surface area contributed by atoms with Crippen molar-refractivity contribution in [1.29, 1.82) is 0 Å². The van der Waals surface area contributed by atoms with E-state index in [-0.39, 0.29) is 22.8 Å². The van der Waals surface area contributed by atoms with E-state index < -0.39 is 61.1 Å². The number of carbonyl (C=O) groups excluding carboxylic acids is 1. The fourth-order valence-corrected chi connectivity index (χ4v) is 3.77. The Balaban J connectivity index is 1.72. The van der Waals surface area contributed by atoms with Gasteiger partial charge >= 0.3 is 0 Å². The van der Waals surface area contributed by atoms with Crippen LogP contribution in [0.15, 0.2) is 36.4 Å². The number of hydrogen-bond donors (Lipinski definition) is 7. The van der Waals surface area contributed by atoms with E-state index >= 15 is 0 Å². The summed E-state index contributed by atoms with van der Waals surface area (Å²) in [5.41, 5.74) is 0.103.